The first-order chi connectivity index (χ1) is 8.74. The largest absolute Gasteiger partial charge is 0.473 e. The molecule has 98 valence electrons. The Hall–Kier alpha value is -1.58. The number of aromatic nitrogens is 4. The number of hydrogen-bond acceptors (Lipinski definition) is 9. The molecule has 0 aliphatic carbocycles. The average Bonchev–Trinajstić information content (AvgIpc) is 2.98. The summed E-state index contributed by atoms with van der Waals surface area (Å²) in [5.74, 6) is 1.50. The van der Waals surface area contributed by atoms with Crippen LogP contribution < -0.4 is 10.1 Å². The van der Waals surface area contributed by atoms with Gasteiger partial charge in [0, 0.05) is 6.54 Å². The van der Waals surface area contributed by atoms with Gasteiger partial charge in [0.15, 0.2) is 5.82 Å². The number of aliphatic hydroxyl groups excluding tert-OH is 1. The predicted molar refractivity (Wildman–Crippen MR) is 62.2 cm³/mol. The molecule has 18 heavy (non-hydrogen) atoms. The first kappa shape index (κ1) is 12.9. The molecule has 0 fully saturated rings. The number of aliphatic hydroxyl groups is 1. The molecule has 9 heteroatoms. The van der Waals surface area contributed by atoms with Crippen molar-refractivity contribution in [2.45, 2.75) is 19.6 Å². The first-order valence-electron chi connectivity index (χ1n) is 5.32. The van der Waals surface area contributed by atoms with Gasteiger partial charge in [0.2, 0.25) is 11.8 Å². The van der Waals surface area contributed by atoms with E-state index >= 15 is 0 Å². The van der Waals surface area contributed by atoms with Crippen LogP contribution in [0.1, 0.15) is 11.7 Å². The van der Waals surface area contributed by atoms with E-state index in [2.05, 4.69) is 24.2 Å². The van der Waals surface area contributed by atoms with Gasteiger partial charge in [-0.15, -0.1) is 4.37 Å². The lowest BCUT2D eigenvalue weighted by Gasteiger charge is -2.10. The lowest BCUT2D eigenvalue weighted by Crippen LogP contribution is -2.31. The van der Waals surface area contributed by atoms with E-state index in [1.165, 1.54) is 6.20 Å². The van der Waals surface area contributed by atoms with E-state index in [1.807, 2.05) is 0 Å². The zero-order chi connectivity index (χ0) is 12.8. The Labute approximate surface area is 107 Å². The summed E-state index contributed by atoms with van der Waals surface area (Å²) < 4.78 is 17.8. The minimum absolute atomic E-state index is 0.154. The first-order valence-corrected chi connectivity index (χ1v) is 6.05. The molecule has 0 bridgehead atoms. The van der Waals surface area contributed by atoms with E-state index in [1.54, 1.807) is 6.92 Å². The van der Waals surface area contributed by atoms with Crippen molar-refractivity contribution in [3.8, 4) is 5.88 Å². The number of aryl methyl sites for hydroxylation is 1. The highest BCUT2D eigenvalue weighted by molar-refractivity contribution is 6.99. The van der Waals surface area contributed by atoms with Gasteiger partial charge in [0.05, 0.1) is 18.3 Å². The summed E-state index contributed by atoms with van der Waals surface area (Å²) >= 11 is 1.06. The van der Waals surface area contributed by atoms with E-state index in [-0.39, 0.29) is 6.61 Å². The van der Waals surface area contributed by atoms with Crippen molar-refractivity contribution in [1.82, 2.24) is 24.2 Å². The highest BCUT2D eigenvalue weighted by Crippen LogP contribution is 2.05. The molecule has 2 aromatic heterocycles. The predicted octanol–water partition coefficient (Wildman–Crippen LogP) is -0.241. The Kier molecular flexibility index (Phi) is 4.56. The van der Waals surface area contributed by atoms with Gasteiger partial charge in [0.25, 0.3) is 0 Å². The Morgan fingerprint density at radius 3 is 3.17 bits per heavy atom. The second-order valence-electron chi connectivity index (χ2n) is 3.58. The molecule has 2 N–H and O–H groups in total. The Morgan fingerprint density at radius 1 is 1.61 bits per heavy atom. The molecule has 0 aliphatic rings. The maximum Gasteiger partial charge on any atom is 0.245 e. The lowest BCUT2D eigenvalue weighted by atomic mass is 10.4. The molecule has 0 saturated heterocycles. The fourth-order valence-electron chi connectivity index (χ4n) is 1.22. The van der Waals surface area contributed by atoms with E-state index in [4.69, 9.17) is 9.26 Å². The van der Waals surface area contributed by atoms with Crippen molar-refractivity contribution in [3.05, 3.63) is 17.9 Å². The van der Waals surface area contributed by atoms with Crippen molar-refractivity contribution >= 4 is 11.7 Å². The zero-order valence-electron chi connectivity index (χ0n) is 9.74. The highest BCUT2D eigenvalue weighted by atomic mass is 32.1. The smallest absolute Gasteiger partial charge is 0.245 e. The van der Waals surface area contributed by atoms with Crippen LogP contribution in [0.15, 0.2) is 10.7 Å². The van der Waals surface area contributed by atoms with Gasteiger partial charge in [0.1, 0.15) is 18.9 Å². The highest BCUT2D eigenvalue weighted by Gasteiger charge is 2.08. The average molecular weight is 271 g/mol. The molecule has 0 amide bonds. The number of rotatable bonds is 7. The van der Waals surface area contributed by atoms with Crippen molar-refractivity contribution < 1.29 is 14.4 Å². The van der Waals surface area contributed by atoms with Crippen LogP contribution >= 0.6 is 11.7 Å². The van der Waals surface area contributed by atoms with E-state index in [0.717, 1.165) is 11.7 Å². The minimum atomic E-state index is -0.643. The van der Waals surface area contributed by atoms with Gasteiger partial charge in [-0.05, 0) is 6.92 Å². The van der Waals surface area contributed by atoms with Gasteiger partial charge in [-0.3, -0.25) is 0 Å². The summed E-state index contributed by atoms with van der Waals surface area (Å²) in [7, 11) is 0. The summed E-state index contributed by atoms with van der Waals surface area (Å²) in [6.07, 6.45) is 0.863. The van der Waals surface area contributed by atoms with Gasteiger partial charge >= 0.3 is 0 Å². The standard InChI is InChI=1S/C9H13N5O3S/c1-6-12-8(17-13-6)3-10-2-7(15)5-16-9-4-11-18-14-9/h4,7,10,15H,2-3,5H2,1H3. The molecule has 1 atom stereocenters. The molecular weight excluding hydrogens is 258 g/mol. The summed E-state index contributed by atoms with van der Waals surface area (Å²) in [6.45, 7) is 2.67. The number of nitrogens with zero attached hydrogens (tertiary/aromatic N) is 4. The molecule has 0 radical (unpaired) electrons. The maximum atomic E-state index is 9.63. The number of ether oxygens (including phenoxy) is 1. The van der Waals surface area contributed by atoms with E-state index in [0.29, 0.717) is 30.7 Å². The summed E-state index contributed by atoms with van der Waals surface area (Å²) in [5, 5.41) is 16.3. The lowest BCUT2D eigenvalue weighted by molar-refractivity contribution is 0.103. The molecule has 0 spiro atoms. The number of hydrogen-bond donors (Lipinski definition) is 2. The molecule has 2 heterocycles. The third kappa shape index (κ3) is 4.02. The summed E-state index contributed by atoms with van der Waals surface area (Å²) in [4.78, 5) is 4.02. The third-order valence-electron chi connectivity index (χ3n) is 1.99. The van der Waals surface area contributed by atoms with Crippen LogP contribution in [0.4, 0.5) is 0 Å². The summed E-state index contributed by atoms with van der Waals surface area (Å²) in [5.41, 5.74) is 0. The van der Waals surface area contributed by atoms with Crippen molar-refractivity contribution in [2.75, 3.05) is 13.2 Å². The zero-order valence-corrected chi connectivity index (χ0v) is 10.6. The van der Waals surface area contributed by atoms with Crippen LogP contribution in [0, 0.1) is 6.92 Å². The fourth-order valence-corrected chi connectivity index (χ4v) is 1.58. The maximum absolute atomic E-state index is 9.63. The van der Waals surface area contributed by atoms with E-state index < -0.39 is 6.10 Å². The molecular formula is C9H13N5O3S. The Morgan fingerprint density at radius 2 is 2.50 bits per heavy atom. The summed E-state index contributed by atoms with van der Waals surface area (Å²) in [6, 6.07) is 0. The van der Waals surface area contributed by atoms with Crippen LogP contribution in [0.5, 0.6) is 5.88 Å². The van der Waals surface area contributed by atoms with Gasteiger partial charge in [-0.25, -0.2) is 0 Å². The SMILES string of the molecule is Cc1noc(CNCC(O)COc2cnsn2)n1. The molecule has 8 nitrogen and oxygen atoms in total. The Balaban J connectivity index is 1.61. The monoisotopic (exact) mass is 271 g/mol. The normalized spacial score (nSPS) is 12.6. The van der Waals surface area contributed by atoms with Gasteiger partial charge in [-0.2, -0.15) is 9.36 Å². The van der Waals surface area contributed by atoms with Crippen molar-refractivity contribution in [2.24, 2.45) is 0 Å². The second kappa shape index (κ2) is 6.38. The molecule has 2 rings (SSSR count). The van der Waals surface area contributed by atoms with Gasteiger partial charge < -0.3 is 19.7 Å². The fraction of sp³-hybridized carbons (Fsp3) is 0.556. The minimum Gasteiger partial charge on any atom is -0.473 e. The molecule has 2 aromatic rings. The molecule has 0 aliphatic heterocycles. The topological polar surface area (TPSA) is 106 Å². The number of nitrogens with one attached hydrogen (secondary N) is 1. The van der Waals surface area contributed by atoms with Crippen molar-refractivity contribution in [1.29, 1.82) is 0 Å². The molecule has 0 aromatic carbocycles. The molecule has 0 saturated carbocycles. The quantitative estimate of drug-likeness (QED) is 0.710. The van der Waals surface area contributed by atoms with Gasteiger partial charge in [-0.1, -0.05) is 5.16 Å². The van der Waals surface area contributed by atoms with Crippen LogP contribution in [0.25, 0.3) is 0 Å². The third-order valence-corrected chi connectivity index (χ3v) is 2.45. The van der Waals surface area contributed by atoms with Crippen molar-refractivity contribution in [3.63, 3.8) is 0 Å². The Bertz CT molecular complexity index is 460. The second-order valence-corrected chi connectivity index (χ2v) is 4.13. The van der Waals surface area contributed by atoms with Crippen LogP contribution in [-0.4, -0.2) is 43.2 Å². The van der Waals surface area contributed by atoms with E-state index in [9.17, 15) is 5.11 Å². The van der Waals surface area contributed by atoms with Crippen LogP contribution in [-0.2, 0) is 6.54 Å². The van der Waals surface area contributed by atoms with Crippen LogP contribution in [0.2, 0.25) is 0 Å². The molecule has 1 unspecified atom stereocenters. The van der Waals surface area contributed by atoms with Crippen LogP contribution in [0.3, 0.4) is 0 Å².